The number of carboxylic acids is 1. The van der Waals surface area contributed by atoms with E-state index in [1.54, 1.807) is 6.92 Å². The van der Waals surface area contributed by atoms with Crippen molar-refractivity contribution in [1.29, 1.82) is 0 Å². The summed E-state index contributed by atoms with van der Waals surface area (Å²) in [5, 5.41) is 9.50. The summed E-state index contributed by atoms with van der Waals surface area (Å²) in [5.74, 6) is -1.13. The quantitative estimate of drug-likeness (QED) is 0.876. The molecule has 0 atom stereocenters. The molecule has 1 aromatic heterocycles. The van der Waals surface area contributed by atoms with Gasteiger partial charge in [0, 0.05) is 6.04 Å². The van der Waals surface area contributed by atoms with Gasteiger partial charge in [0.05, 0.1) is 11.2 Å². The summed E-state index contributed by atoms with van der Waals surface area (Å²) in [4.78, 5) is 14.7. The fourth-order valence-electron chi connectivity index (χ4n) is 1.80. The van der Waals surface area contributed by atoms with E-state index in [4.69, 9.17) is 5.11 Å². The highest BCUT2D eigenvalue weighted by molar-refractivity contribution is 7.91. The van der Waals surface area contributed by atoms with Gasteiger partial charge in [0.15, 0.2) is 4.21 Å². The summed E-state index contributed by atoms with van der Waals surface area (Å²) < 4.78 is 25.9. The van der Waals surface area contributed by atoms with Crippen LogP contribution < -0.4 is 0 Å². The van der Waals surface area contributed by atoms with Crippen LogP contribution in [-0.2, 0) is 14.8 Å². The molecular weight excluding hydrogens is 276 g/mol. The molecule has 0 aromatic carbocycles. The van der Waals surface area contributed by atoms with Crippen LogP contribution in [0.25, 0.3) is 0 Å². The van der Waals surface area contributed by atoms with Gasteiger partial charge in [-0.05, 0) is 19.8 Å². The summed E-state index contributed by atoms with van der Waals surface area (Å²) in [7, 11) is -3.73. The minimum absolute atomic E-state index is 0.119. The van der Waals surface area contributed by atoms with E-state index < -0.39 is 22.5 Å². The normalized spacial score (nSPS) is 16.8. The van der Waals surface area contributed by atoms with Crippen LogP contribution in [0.3, 0.4) is 0 Å². The number of aromatic nitrogens is 1. The molecule has 0 unspecified atom stereocenters. The largest absolute Gasteiger partial charge is 0.480 e. The fraction of sp³-hybridized carbons (Fsp3) is 0.600. The van der Waals surface area contributed by atoms with Gasteiger partial charge in [0.2, 0.25) is 0 Å². The van der Waals surface area contributed by atoms with Gasteiger partial charge in [-0.2, -0.15) is 4.31 Å². The van der Waals surface area contributed by atoms with Gasteiger partial charge in [-0.1, -0.05) is 6.42 Å². The fourth-order valence-corrected chi connectivity index (χ4v) is 4.67. The highest BCUT2D eigenvalue weighted by atomic mass is 32.2. The predicted molar refractivity (Wildman–Crippen MR) is 66.0 cm³/mol. The monoisotopic (exact) mass is 290 g/mol. The zero-order valence-electron chi connectivity index (χ0n) is 9.87. The zero-order valence-corrected chi connectivity index (χ0v) is 11.5. The van der Waals surface area contributed by atoms with Crippen LogP contribution in [0.1, 0.15) is 24.3 Å². The van der Waals surface area contributed by atoms with Crippen molar-refractivity contribution in [3.63, 3.8) is 0 Å². The maximum Gasteiger partial charge on any atom is 0.318 e. The lowest BCUT2D eigenvalue weighted by Crippen LogP contribution is -2.46. The Hall–Kier alpha value is -0.990. The number of hydrogen-bond acceptors (Lipinski definition) is 5. The van der Waals surface area contributed by atoms with E-state index in [-0.39, 0.29) is 10.3 Å². The van der Waals surface area contributed by atoms with Crippen molar-refractivity contribution in [3.05, 3.63) is 11.2 Å². The minimum atomic E-state index is -3.73. The van der Waals surface area contributed by atoms with E-state index in [0.717, 1.165) is 34.9 Å². The Kier molecular flexibility index (Phi) is 3.69. The van der Waals surface area contributed by atoms with Crippen LogP contribution >= 0.6 is 11.3 Å². The standard InChI is InChI=1S/C10H14N2O4S2/c1-7-11-5-10(17-7)18(15,16)12(6-9(13)14)8-3-2-4-8/h5,8H,2-4,6H2,1H3,(H,13,14). The molecule has 18 heavy (non-hydrogen) atoms. The summed E-state index contributed by atoms with van der Waals surface area (Å²) in [6.45, 7) is 1.23. The molecule has 6 nitrogen and oxygen atoms in total. The first-order chi connectivity index (χ1) is 8.41. The van der Waals surface area contributed by atoms with Gasteiger partial charge in [-0.3, -0.25) is 4.79 Å². The van der Waals surface area contributed by atoms with Crippen molar-refractivity contribution < 1.29 is 18.3 Å². The van der Waals surface area contributed by atoms with Gasteiger partial charge in [0.1, 0.15) is 6.54 Å². The van der Waals surface area contributed by atoms with Gasteiger partial charge in [0.25, 0.3) is 10.0 Å². The maximum atomic E-state index is 12.3. The molecule has 0 amide bonds. The molecule has 1 aliphatic rings. The molecule has 0 aliphatic heterocycles. The lowest BCUT2D eigenvalue weighted by Gasteiger charge is -2.34. The molecular formula is C10H14N2O4S2. The van der Waals surface area contributed by atoms with Crippen LogP contribution in [-0.4, -0.2) is 41.4 Å². The highest BCUT2D eigenvalue weighted by Crippen LogP contribution is 2.31. The van der Waals surface area contributed by atoms with Gasteiger partial charge < -0.3 is 5.11 Å². The first-order valence-corrected chi connectivity index (χ1v) is 7.83. The lowest BCUT2D eigenvalue weighted by atomic mass is 9.93. The number of nitrogens with zero attached hydrogens (tertiary/aromatic N) is 2. The third-order valence-electron chi connectivity index (χ3n) is 2.94. The number of aliphatic carboxylic acids is 1. The Balaban J connectivity index is 2.31. The molecule has 1 aromatic rings. The van der Waals surface area contributed by atoms with Crippen molar-refractivity contribution in [2.75, 3.05) is 6.54 Å². The van der Waals surface area contributed by atoms with Crippen molar-refractivity contribution in [2.45, 2.75) is 36.4 Å². The second kappa shape index (κ2) is 4.94. The van der Waals surface area contributed by atoms with E-state index in [0.29, 0.717) is 5.01 Å². The first-order valence-electron chi connectivity index (χ1n) is 5.57. The van der Waals surface area contributed by atoms with Gasteiger partial charge in [-0.25, -0.2) is 13.4 Å². The third kappa shape index (κ3) is 2.55. The average molecular weight is 290 g/mol. The Morgan fingerprint density at radius 3 is 2.67 bits per heavy atom. The molecule has 8 heteroatoms. The third-order valence-corrected chi connectivity index (χ3v) is 6.18. The molecule has 1 fully saturated rings. The molecule has 0 bridgehead atoms. The maximum absolute atomic E-state index is 12.3. The van der Waals surface area contributed by atoms with Crippen LogP contribution in [0, 0.1) is 6.92 Å². The molecule has 0 spiro atoms. The number of carboxylic acid groups (broad SMARTS) is 1. The molecule has 100 valence electrons. The van der Waals surface area contributed by atoms with Crippen LogP contribution in [0.2, 0.25) is 0 Å². The van der Waals surface area contributed by atoms with Crippen molar-refractivity contribution in [2.24, 2.45) is 0 Å². The lowest BCUT2D eigenvalue weighted by molar-refractivity contribution is -0.137. The molecule has 2 rings (SSSR count). The average Bonchev–Trinajstić information content (AvgIpc) is 2.61. The smallest absolute Gasteiger partial charge is 0.318 e. The van der Waals surface area contributed by atoms with Crippen molar-refractivity contribution >= 4 is 27.3 Å². The summed E-state index contributed by atoms with van der Waals surface area (Å²) in [5.41, 5.74) is 0. The molecule has 0 saturated heterocycles. The van der Waals surface area contributed by atoms with Gasteiger partial charge in [-0.15, -0.1) is 11.3 Å². The highest BCUT2D eigenvalue weighted by Gasteiger charge is 2.37. The van der Waals surface area contributed by atoms with Crippen molar-refractivity contribution in [1.82, 2.24) is 9.29 Å². The van der Waals surface area contributed by atoms with Crippen molar-refractivity contribution in [3.8, 4) is 0 Å². The molecule has 0 radical (unpaired) electrons. The van der Waals surface area contributed by atoms with E-state index >= 15 is 0 Å². The second-order valence-corrected chi connectivity index (χ2v) is 7.58. The van der Waals surface area contributed by atoms with E-state index in [2.05, 4.69) is 4.98 Å². The van der Waals surface area contributed by atoms with Gasteiger partial charge >= 0.3 is 5.97 Å². The molecule has 1 aliphatic carbocycles. The Labute approximate surface area is 109 Å². The SMILES string of the molecule is Cc1ncc(S(=O)(=O)N(CC(=O)O)C2CCC2)s1. The number of thiazole rings is 1. The van der Waals surface area contributed by atoms with Crippen LogP contribution in [0.5, 0.6) is 0 Å². The minimum Gasteiger partial charge on any atom is -0.480 e. The first kappa shape index (κ1) is 13.4. The number of rotatable bonds is 5. The van der Waals surface area contributed by atoms with Crippen LogP contribution in [0.15, 0.2) is 10.4 Å². The summed E-state index contributed by atoms with van der Waals surface area (Å²) in [6, 6.07) is -0.187. The molecule has 1 heterocycles. The molecule has 1 N–H and O–H groups in total. The van der Waals surface area contributed by atoms with E-state index in [9.17, 15) is 13.2 Å². The molecule has 1 saturated carbocycles. The number of aryl methyl sites for hydroxylation is 1. The summed E-state index contributed by atoms with van der Waals surface area (Å²) in [6.07, 6.45) is 3.69. The topological polar surface area (TPSA) is 87.6 Å². The van der Waals surface area contributed by atoms with Crippen LogP contribution in [0.4, 0.5) is 0 Å². The Morgan fingerprint density at radius 1 is 1.61 bits per heavy atom. The Morgan fingerprint density at radius 2 is 2.28 bits per heavy atom. The number of hydrogen-bond donors (Lipinski definition) is 1. The van der Waals surface area contributed by atoms with E-state index in [1.165, 1.54) is 6.20 Å². The second-order valence-electron chi connectivity index (χ2n) is 4.23. The Bertz CT molecular complexity index is 548. The number of carbonyl (C=O) groups is 1. The number of sulfonamides is 1. The summed E-state index contributed by atoms with van der Waals surface area (Å²) >= 11 is 1.07. The zero-order chi connectivity index (χ0) is 13.3. The predicted octanol–water partition coefficient (Wildman–Crippen LogP) is 1.08. The van der Waals surface area contributed by atoms with E-state index in [1.807, 2.05) is 0 Å².